The maximum atomic E-state index is 4.40. The fraction of sp³-hybridized carbons (Fsp3) is 0.700. The zero-order chi connectivity index (χ0) is 8.91. The Morgan fingerprint density at radius 1 is 1.45 bits per heavy atom. The molecule has 0 aliphatic rings. The second-order valence-electron chi connectivity index (χ2n) is 3.95. The SMILES string of the molecule is C=CCC(C)C=NC(C)(C)C. The summed E-state index contributed by atoms with van der Waals surface area (Å²) in [4.78, 5) is 4.40. The molecule has 0 aliphatic heterocycles. The Morgan fingerprint density at radius 3 is 2.36 bits per heavy atom. The van der Waals surface area contributed by atoms with E-state index in [-0.39, 0.29) is 5.54 Å². The molecule has 1 atom stereocenters. The topological polar surface area (TPSA) is 12.4 Å². The Kier molecular flexibility index (Phi) is 4.09. The van der Waals surface area contributed by atoms with Gasteiger partial charge in [0.15, 0.2) is 0 Å². The molecule has 1 unspecified atom stereocenters. The van der Waals surface area contributed by atoms with Gasteiger partial charge in [0.2, 0.25) is 0 Å². The van der Waals surface area contributed by atoms with E-state index in [1.807, 2.05) is 12.3 Å². The summed E-state index contributed by atoms with van der Waals surface area (Å²) in [5.74, 6) is 0.520. The van der Waals surface area contributed by atoms with Gasteiger partial charge in [0.05, 0.1) is 5.54 Å². The largest absolute Gasteiger partial charge is 0.291 e. The Balaban J connectivity index is 3.82. The van der Waals surface area contributed by atoms with Gasteiger partial charge < -0.3 is 0 Å². The summed E-state index contributed by atoms with van der Waals surface area (Å²) in [5.41, 5.74) is 0.0649. The van der Waals surface area contributed by atoms with E-state index >= 15 is 0 Å². The molecule has 0 rings (SSSR count). The molecule has 0 saturated carbocycles. The molecule has 11 heavy (non-hydrogen) atoms. The van der Waals surface area contributed by atoms with Gasteiger partial charge in [-0.25, -0.2) is 0 Å². The molecular weight excluding hydrogens is 134 g/mol. The normalized spacial score (nSPS) is 15.3. The monoisotopic (exact) mass is 153 g/mol. The maximum Gasteiger partial charge on any atom is 0.0520 e. The number of aliphatic imine (C=N–C) groups is 1. The molecule has 0 bridgehead atoms. The van der Waals surface area contributed by atoms with Crippen molar-refractivity contribution in [3.8, 4) is 0 Å². The van der Waals surface area contributed by atoms with Crippen LogP contribution < -0.4 is 0 Å². The predicted octanol–water partition coefficient (Wildman–Crippen LogP) is 3.07. The summed E-state index contributed by atoms with van der Waals surface area (Å²) in [6.45, 7) is 12.1. The number of allylic oxidation sites excluding steroid dienone is 1. The van der Waals surface area contributed by atoms with Crippen molar-refractivity contribution in [3.05, 3.63) is 12.7 Å². The molecule has 0 fully saturated rings. The van der Waals surface area contributed by atoms with Crippen LogP contribution in [0.3, 0.4) is 0 Å². The van der Waals surface area contributed by atoms with Crippen LogP contribution >= 0.6 is 0 Å². The molecule has 0 amide bonds. The van der Waals surface area contributed by atoms with Gasteiger partial charge in [0.25, 0.3) is 0 Å². The zero-order valence-corrected chi connectivity index (χ0v) is 8.09. The van der Waals surface area contributed by atoms with Crippen molar-refractivity contribution in [2.75, 3.05) is 0 Å². The molecule has 0 heterocycles. The Hall–Kier alpha value is -0.590. The van der Waals surface area contributed by atoms with Crippen LogP contribution in [0.5, 0.6) is 0 Å². The molecule has 0 aliphatic carbocycles. The van der Waals surface area contributed by atoms with Gasteiger partial charge in [-0.1, -0.05) is 13.0 Å². The van der Waals surface area contributed by atoms with Crippen molar-refractivity contribution in [3.63, 3.8) is 0 Å². The Labute approximate surface area is 70.2 Å². The van der Waals surface area contributed by atoms with Gasteiger partial charge in [-0.2, -0.15) is 0 Å². The third kappa shape index (κ3) is 7.31. The zero-order valence-electron chi connectivity index (χ0n) is 8.09. The highest BCUT2D eigenvalue weighted by Crippen LogP contribution is 2.07. The van der Waals surface area contributed by atoms with Crippen LogP contribution in [0, 0.1) is 5.92 Å². The van der Waals surface area contributed by atoms with Gasteiger partial charge >= 0.3 is 0 Å². The molecule has 0 aromatic carbocycles. The number of hydrogen-bond donors (Lipinski definition) is 0. The standard InChI is InChI=1S/C10H19N/c1-6-7-9(2)8-11-10(3,4)5/h6,8-9H,1,7H2,2-5H3. The summed E-state index contributed by atoms with van der Waals surface area (Å²) in [5, 5.41) is 0. The van der Waals surface area contributed by atoms with E-state index in [1.165, 1.54) is 0 Å². The quantitative estimate of drug-likeness (QED) is 0.436. The van der Waals surface area contributed by atoms with Gasteiger partial charge in [-0.15, -0.1) is 6.58 Å². The highest BCUT2D eigenvalue weighted by Gasteiger charge is 2.05. The van der Waals surface area contributed by atoms with Crippen LogP contribution in [-0.2, 0) is 0 Å². The third-order valence-electron chi connectivity index (χ3n) is 1.25. The van der Waals surface area contributed by atoms with E-state index in [0.29, 0.717) is 5.92 Å². The summed E-state index contributed by atoms with van der Waals surface area (Å²) in [7, 11) is 0. The molecule has 0 spiro atoms. The first kappa shape index (κ1) is 10.4. The Bertz CT molecular complexity index is 139. The van der Waals surface area contributed by atoms with E-state index in [1.54, 1.807) is 0 Å². The van der Waals surface area contributed by atoms with Gasteiger partial charge in [0, 0.05) is 6.21 Å². The molecule has 64 valence electrons. The minimum Gasteiger partial charge on any atom is -0.291 e. The second kappa shape index (κ2) is 4.32. The molecule has 0 N–H and O–H groups in total. The van der Waals surface area contributed by atoms with Crippen LogP contribution in [-0.4, -0.2) is 11.8 Å². The summed E-state index contributed by atoms with van der Waals surface area (Å²) in [6, 6.07) is 0. The summed E-state index contributed by atoms with van der Waals surface area (Å²) < 4.78 is 0. The first-order valence-electron chi connectivity index (χ1n) is 4.12. The first-order chi connectivity index (χ1) is 4.95. The number of rotatable bonds is 3. The van der Waals surface area contributed by atoms with Crippen molar-refractivity contribution in [1.82, 2.24) is 0 Å². The van der Waals surface area contributed by atoms with Crippen molar-refractivity contribution >= 4 is 6.21 Å². The van der Waals surface area contributed by atoms with E-state index in [4.69, 9.17) is 0 Å². The first-order valence-corrected chi connectivity index (χ1v) is 4.12. The van der Waals surface area contributed by atoms with Gasteiger partial charge in [-0.05, 0) is 33.1 Å². The minimum absolute atomic E-state index is 0.0649. The van der Waals surface area contributed by atoms with E-state index < -0.39 is 0 Å². The second-order valence-corrected chi connectivity index (χ2v) is 3.95. The molecule has 1 heteroatoms. The van der Waals surface area contributed by atoms with Crippen LogP contribution in [0.15, 0.2) is 17.6 Å². The van der Waals surface area contributed by atoms with Crippen molar-refractivity contribution in [1.29, 1.82) is 0 Å². The van der Waals surface area contributed by atoms with E-state index in [2.05, 4.69) is 39.3 Å². The van der Waals surface area contributed by atoms with Gasteiger partial charge in [0.1, 0.15) is 0 Å². The summed E-state index contributed by atoms with van der Waals surface area (Å²) >= 11 is 0. The molecule has 0 saturated heterocycles. The lowest BCUT2D eigenvalue weighted by molar-refractivity contribution is 0.580. The maximum absolute atomic E-state index is 4.40. The molecule has 1 nitrogen and oxygen atoms in total. The highest BCUT2D eigenvalue weighted by molar-refractivity contribution is 5.60. The fourth-order valence-corrected chi connectivity index (χ4v) is 0.675. The molecule has 0 aromatic heterocycles. The van der Waals surface area contributed by atoms with Crippen LogP contribution in [0.25, 0.3) is 0 Å². The average molecular weight is 153 g/mol. The van der Waals surface area contributed by atoms with Crippen molar-refractivity contribution in [2.24, 2.45) is 10.9 Å². The van der Waals surface area contributed by atoms with Crippen molar-refractivity contribution < 1.29 is 0 Å². The fourth-order valence-electron chi connectivity index (χ4n) is 0.675. The minimum atomic E-state index is 0.0649. The van der Waals surface area contributed by atoms with Crippen LogP contribution in [0.4, 0.5) is 0 Å². The summed E-state index contributed by atoms with van der Waals surface area (Å²) in [6.07, 6.45) is 4.96. The smallest absolute Gasteiger partial charge is 0.0520 e. The molecule has 0 radical (unpaired) electrons. The number of nitrogens with zero attached hydrogens (tertiary/aromatic N) is 1. The highest BCUT2D eigenvalue weighted by atomic mass is 14.8. The lowest BCUT2D eigenvalue weighted by atomic mass is 10.1. The average Bonchev–Trinajstić information content (AvgIpc) is 1.83. The van der Waals surface area contributed by atoms with Crippen molar-refractivity contribution in [2.45, 2.75) is 39.7 Å². The number of hydrogen-bond acceptors (Lipinski definition) is 1. The van der Waals surface area contributed by atoms with E-state index in [9.17, 15) is 0 Å². The lowest BCUT2D eigenvalue weighted by Gasteiger charge is -2.12. The lowest BCUT2D eigenvalue weighted by Crippen LogP contribution is -2.11. The third-order valence-corrected chi connectivity index (χ3v) is 1.25. The van der Waals surface area contributed by atoms with E-state index in [0.717, 1.165) is 6.42 Å². The molecule has 0 aromatic rings. The van der Waals surface area contributed by atoms with Crippen LogP contribution in [0.2, 0.25) is 0 Å². The van der Waals surface area contributed by atoms with Gasteiger partial charge in [-0.3, -0.25) is 4.99 Å². The molecular formula is C10H19N. The Morgan fingerprint density at radius 2 is 2.00 bits per heavy atom. The predicted molar refractivity (Wildman–Crippen MR) is 52.2 cm³/mol. The van der Waals surface area contributed by atoms with Crippen LogP contribution in [0.1, 0.15) is 34.1 Å².